The van der Waals surface area contributed by atoms with Crippen LogP contribution in [-0.2, 0) is 0 Å². The molecule has 0 saturated carbocycles. The third-order valence-electron chi connectivity index (χ3n) is 7.07. The molecule has 0 N–H and O–H groups in total. The number of benzene rings is 6. The van der Waals surface area contributed by atoms with E-state index in [2.05, 4.69) is 145 Å². The largest absolute Gasteiger partial charge is 0.0683 e. The van der Waals surface area contributed by atoms with Crippen molar-refractivity contribution in [1.82, 2.24) is 0 Å². The van der Waals surface area contributed by atoms with Crippen LogP contribution in [0.5, 0.6) is 0 Å². The van der Waals surface area contributed by atoms with Crippen molar-refractivity contribution in [2.24, 2.45) is 0 Å². The Balaban J connectivity index is 0.00000137. The van der Waals surface area contributed by atoms with Gasteiger partial charge < -0.3 is 0 Å². The molecule has 0 unspecified atom stereocenters. The van der Waals surface area contributed by atoms with E-state index in [1.54, 1.807) is 0 Å². The number of fused-ring (bicyclic) bond motifs is 3. The summed E-state index contributed by atoms with van der Waals surface area (Å²) in [6, 6.07) is 41.8. The van der Waals surface area contributed by atoms with Crippen LogP contribution in [0.2, 0.25) is 0 Å². The second-order valence-electron chi connectivity index (χ2n) is 9.21. The molecule has 6 rings (SSSR count). The van der Waals surface area contributed by atoms with Gasteiger partial charge in [0.1, 0.15) is 0 Å². The van der Waals surface area contributed by atoms with E-state index in [0.717, 1.165) is 4.47 Å². The Hall–Kier alpha value is -3.68. The standard InChI is InChI=1S/C34H25Br.C2H6/c1-22-14-15-27(26-9-7-8-25(20-26)24-16-18-28(35)19-17-24)21-33(22)34-23(2)29-10-3-4-11-30(29)31-12-5-6-13-32(31)34;1-2/h3-21H,1-2H3;1-2H3. The molecule has 0 spiro atoms. The second-order valence-corrected chi connectivity index (χ2v) is 10.1. The van der Waals surface area contributed by atoms with Crippen molar-refractivity contribution >= 4 is 37.5 Å². The molecular formula is C36H31Br. The summed E-state index contributed by atoms with van der Waals surface area (Å²) in [6.45, 7) is 8.49. The van der Waals surface area contributed by atoms with Crippen molar-refractivity contribution in [2.75, 3.05) is 0 Å². The van der Waals surface area contributed by atoms with Gasteiger partial charge in [-0.05, 0) is 104 Å². The van der Waals surface area contributed by atoms with Crippen molar-refractivity contribution < 1.29 is 0 Å². The van der Waals surface area contributed by atoms with Crippen LogP contribution < -0.4 is 0 Å². The minimum atomic E-state index is 1.10. The van der Waals surface area contributed by atoms with Gasteiger partial charge in [0.15, 0.2) is 0 Å². The average Bonchev–Trinajstić information content (AvgIpc) is 2.96. The summed E-state index contributed by atoms with van der Waals surface area (Å²) in [5.74, 6) is 0. The van der Waals surface area contributed by atoms with Gasteiger partial charge in [-0.2, -0.15) is 0 Å². The number of hydrogen-bond acceptors (Lipinski definition) is 0. The molecule has 1 heteroatoms. The van der Waals surface area contributed by atoms with Crippen LogP contribution in [-0.4, -0.2) is 0 Å². The van der Waals surface area contributed by atoms with E-state index in [4.69, 9.17) is 0 Å². The topological polar surface area (TPSA) is 0 Å². The molecule has 0 aliphatic heterocycles. The van der Waals surface area contributed by atoms with Crippen LogP contribution in [0.1, 0.15) is 25.0 Å². The lowest BCUT2D eigenvalue weighted by Gasteiger charge is -2.18. The Labute approximate surface area is 228 Å². The zero-order valence-electron chi connectivity index (χ0n) is 21.8. The van der Waals surface area contributed by atoms with E-state index in [9.17, 15) is 0 Å². The summed E-state index contributed by atoms with van der Waals surface area (Å²) in [5, 5.41) is 5.27. The fourth-order valence-corrected chi connectivity index (χ4v) is 5.52. The Morgan fingerprint density at radius 3 is 1.65 bits per heavy atom. The van der Waals surface area contributed by atoms with Crippen LogP contribution in [0.4, 0.5) is 0 Å². The summed E-state index contributed by atoms with van der Waals surface area (Å²) in [4.78, 5) is 0. The molecular weight excluding hydrogens is 512 g/mol. The predicted molar refractivity (Wildman–Crippen MR) is 166 cm³/mol. The minimum absolute atomic E-state index is 1.10. The van der Waals surface area contributed by atoms with Gasteiger partial charge in [0.25, 0.3) is 0 Å². The molecule has 0 amide bonds. The van der Waals surface area contributed by atoms with E-state index >= 15 is 0 Å². The van der Waals surface area contributed by atoms with Crippen molar-refractivity contribution in [1.29, 1.82) is 0 Å². The molecule has 0 bridgehead atoms. The highest BCUT2D eigenvalue weighted by Crippen LogP contribution is 2.41. The molecule has 0 aromatic heterocycles. The second kappa shape index (κ2) is 10.7. The van der Waals surface area contributed by atoms with Crippen LogP contribution in [0.3, 0.4) is 0 Å². The lowest BCUT2D eigenvalue weighted by atomic mass is 9.86. The van der Waals surface area contributed by atoms with Gasteiger partial charge in [-0.3, -0.25) is 0 Å². The third-order valence-corrected chi connectivity index (χ3v) is 7.60. The van der Waals surface area contributed by atoms with Crippen LogP contribution >= 0.6 is 15.9 Å². The summed E-state index contributed by atoms with van der Waals surface area (Å²) < 4.78 is 1.10. The van der Waals surface area contributed by atoms with E-state index in [-0.39, 0.29) is 0 Å². The van der Waals surface area contributed by atoms with E-state index in [0.29, 0.717) is 0 Å². The van der Waals surface area contributed by atoms with Crippen LogP contribution in [0.15, 0.2) is 120 Å². The first-order valence-corrected chi connectivity index (χ1v) is 13.8. The third kappa shape index (κ3) is 4.72. The summed E-state index contributed by atoms with van der Waals surface area (Å²) in [5.41, 5.74) is 10.2. The fourth-order valence-electron chi connectivity index (χ4n) is 5.26. The lowest BCUT2D eigenvalue weighted by molar-refractivity contribution is 1.44. The van der Waals surface area contributed by atoms with Gasteiger partial charge in [-0.1, -0.05) is 121 Å². The molecule has 0 heterocycles. The maximum absolute atomic E-state index is 3.54. The molecule has 182 valence electrons. The first-order valence-electron chi connectivity index (χ1n) is 13.0. The number of hydrogen-bond donors (Lipinski definition) is 0. The SMILES string of the molecule is CC.Cc1ccc(-c2cccc(-c3ccc(Br)cc3)c2)cc1-c1c(C)c2ccccc2c2ccccc12. The van der Waals surface area contributed by atoms with Crippen molar-refractivity contribution in [2.45, 2.75) is 27.7 Å². The summed E-state index contributed by atoms with van der Waals surface area (Å²) in [7, 11) is 0. The van der Waals surface area contributed by atoms with E-state index < -0.39 is 0 Å². The van der Waals surface area contributed by atoms with Crippen molar-refractivity contribution in [3.63, 3.8) is 0 Å². The maximum Gasteiger partial charge on any atom is 0.0175 e. The zero-order valence-corrected chi connectivity index (χ0v) is 23.4. The van der Waals surface area contributed by atoms with Gasteiger partial charge >= 0.3 is 0 Å². The molecule has 37 heavy (non-hydrogen) atoms. The van der Waals surface area contributed by atoms with Gasteiger partial charge in [0, 0.05) is 4.47 Å². The maximum atomic E-state index is 3.54. The highest BCUT2D eigenvalue weighted by molar-refractivity contribution is 9.10. The molecule has 0 nitrogen and oxygen atoms in total. The van der Waals surface area contributed by atoms with Crippen molar-refractivity contribution in [3.8, 4) is 33.4 Å². The lowest BCUT2D eigenvalue weighted by Crippen LogP contribution is -1.93. The number of halogens is 1. The number of aryl methyl sites for hydroxylation is 2. The molecule has 0 atom stereocenters. The highest BCUT2D eigenvalue weighted by Gasteiger charge is 2.15. The molecule has 0 fully saturated rings. The Morgan fingerprint density at radius 2 is 0.973 bits per heavy atom. The van der Waals surface area contributed by atoms with Gasteiger partial charge in [0.05, 0.1) is 0 Å². The first-order chi connectivity index (χ1) is 18.1. The summed E-state index contributed by atoms with van der Waals surface area (Å²) in [6.07, 6.45) is 0. The van der Waals surface area contributed by atoms with Gasteiger partial charge in [-0.15, -0.1) is 0 Å². The highest BCUT2D eigenvalue weighted by atomic mass is 79.9. The quantitative estimate of drug-likeness (QED) is 0.195. The van der Waals surface area contributed by atoms with E-state index in [1.165, 1.54) is 66.1 Å². The smallest absolute Gasteiger partial charge is 0.0175 e. The molecule has 0 aliphatic rings. The number of rotatable bonds is 3. The normalized spacial score (nSPS) is 10.8. The van der Waals surface area contributed by atoms with Crippen molar-refractivity contribution in [3.05, 3.63) is 131 Å². The molecule has 0 radical (unpaired) electrons. The predicted octanol–water partition coefficient (Wildman–Crippen LogP) is 11.4. The fraction of sp³-hybridized carbons (Fsp3) is 0.111. The Bertz CT molecular complexity index is 1710. The Morgan fingerprint density at radius 1 is 0.459 bits per heavy atom. The molecule has 6 aromatic carbocycles. The van der Waals surface area contributed by atoms with Gasteiger partial charge in [0.2, 0.25) is 0 Å². The van der Waals surface area contributed by atoms with E-state index in [1.807, 2.05) is 13.8 Å². The van der Waals surface area contributed by atoms with Crippen LogP contribution in [0, 0.1) is 13.8 Å². The summed E-state index contributed by atoms with van der Waals surface area (Å²) >= 11 is 3.54. The minimum Gasteiger partial charge on any atom is -0.0683 e. The van der Waals surface area contributed by atoms with Crippen LogP contribution in [0.25, 0.3) is 54.9 Å². The zero-order chi connectivity index (χ0) is 25.9. The first kappa shape index (κ1) is 25.0. The molecule has 0 aliphatic carbocycles. The van der Waals surface area contributed by atoms with Gasteiger partial charge in [-0.25, -0.2) is 0 Å². The Kier molecular flexibility index (Phi) is 7.26. The monoisotopic (exact) mass is 542 g/mol. The molecule has 6 aromatic rings. The molecule has 0 saturated heterocycles. The average molecular weight is 544 g/mol.